The van der Waals surface area contributed by atoms with E-state index in [0.717, 1.165) is 26.1 Å². The molecule has 0 atom stereocenters. The lowest BCUT2D eigenvalue weighted by Gasteiger charge is -2.18. The molecule has 1 saturated heterocycles. The lowest BCUT2D eigenvalue weighted by molar-refractivity contribution is -0.132. The summed E-state index contributed by atoms with van der Waals surface area (Å²) in [5, 5.41) is 4.06. The minimum Gasteiger partial charge on any atom is -0.304 e. The summed E-state index contributed by atoms with van der Waals surface area (Å²) in [6.45, 7) is 7.68. The van der Waals surface area contributed by atoms with Crippen LogP contribution in [-0.4, -0.2) is 55.1 Å². The van der Waals surface area contributed by atoms with Crippen LogP contribution in [0.25, 0.3) is 0 Å². The minimum atomic E-state index is -1.01. The summed E-state index contributed by atoms with van der Waals surface area (Å²) < 4.78 is 0. The van der Waals surface area contributed by atoms with Crippen LogP contribution in [0.5, 0.6) is 0 Å². The van der Waals surface area contributed by atoms with Crippen molar-refractivity contribution in [2.75, 3.05) is 26.2 Å². The van der Waals surface area contributed by atoms with E-state index < -0.39 is 23.8 Å². The molecule has 0 unspecified atom stereocenters. The van der Waals surface area contributed by atoms with Crippen molar-refractivity contribution < 1.29 is 14.4 Å². The molecule has 106 valence electrons. The molecule has 1 heterocycles. The predicted molar refractivity (Wildman–Crippen MR) is 70.9 cm³/mol. The number of hydrogen-bond donors (Lipinski definition) is 2. The molecule has 0 aromatic rings. The quantitative estimate of drug-likeness (QED) is 0.379. The van der Waals surface area contributed by atoms with Crippen molar-refractivity contribution in [2.24, 2.45) is 10.9 Å². The monoisotopic (exact) mass is 268 g/mol. The maximum atomic E-state index is 11.4. The summed E-state index contributed by atoms with van der Waals surface area (Å²) in [4.78, 5) is 40.0. The number of barbiturate groups is 1. The summed E-state index contributed by atoms with van der Waals surface area (Å²) in [6, 6.07) is -0.777. The van der Waals surface area contributed by atoms with Crippen LogP contribution < -0.4 is 10.6 Å². The molecule has 0 saturated carbocycles. The third-order valence-electron chi connectivity index (χ3n) is 2.95. The van der Waals surface area contributed by atoms with E-state index >= 15 is 0 Å². The Hall–Kier alpha value is -1.76. The molecular weight excluding hydrogens is 248 g/mol. The largest absolute Gasteiger partial charge is 0.328 e. The number of amides is 4. The van der Waals surface area contributed by atoms with Gasteiger partial charge in [-0.1, -0.05) is 13.8 Å². The molecule has 1 aliphatic heterocycles. The van der Waals surface area contributed by atoms with Gasteiger partial charge in [-0.25, -0.2) is 4.79 Å². The lowest BCUT2D eigenvalue weighted by Crippen LogP contribution is -2.56. The number of carbonyl (C=O) groups is 3. The van der Waals surface area contributed by atoms with Crippen molar-refractivity contribution >= 4 is 24.1 Å². The van der Waals surface area contributed by atoms with Crippen LogP contribution in [0.3, 0.4) is 0 Å². The highest BCUT2D eigenvalue weighted by molar-refractivity contribution is 6.23. The van der Waals surface area contributed by atoms with E-state index in [4.69, 9.17) is 0 Å². The Morgan fingerprint density at radius 3 is 2.26 bits per heavy atom. The zero-order chi connectivity index (χ0) is 14.3. The number of nitrogens with one attached hydrogen (secondary N) is 2. The Labute approximate surface area is 112 Å². The molecule has 1 aliphatic rings. The van der Waals surface area contributed by atoms with Crippen LogP contribution in [0, 0.1) is 5.92 Å². The predicted octanol–water partition coefficient (Wildman–Crippen LogP) is -0.229. The lowest BCUT2D eigenvalue weighted by atomic mass is 10.1. The highest BCUT2D eigenvalue weighted by Crippen LogP contribution is 1.99. The zero-order valence-corrected chi connectivity index (χ0v) is 11.3. The number of urea groups is 1. The van der Waals surface area contributed by atoms with Gasteiger partial charge in [-0.05, 0) is 26.1 Å². The van der Waals surface area contributed by atoms with Gasteiger partial charge in [-0.15, -0.1) is 0 Å². The number of rotatable bonds is 7. The van der Waals surface area contributed by atoms with Gasteiger partial charge >= 0.3 is 6.03 Å². The van der Waals surface area contributed by atoms with Crippen molar-refractivity contribution in [3.63, 3.8) is 0 Å². The fraction of sp³-hybridized carbons (Fsp3) is 0.667. The fourth-order valence-corrected chi connectivity index (χ4v) is 1.77. The minimum absolute atomic E-state index is 0.557. The molecule has 0 aromatic carbocycles. The van der Waals surface area contributed by atoms with E-state index in [2.05, 4.69) is 23.7 Å². The Bertz CT molecular complexity index is 357. The summed E-state index contributed by atoms with van der Waals surface area (Å²) in [5.41, 5.74) is 0. The van der Waals surface area contributed by atoms with Gasteiger partial charge in [0.05, 0.1) is 0 Å². The smallest absolute Gasteiger partial charge is 0.304 e. The van der Waals surface area contributed by atoms with Crippen LogP contribution in [0.1, 0.15) is 20.3 Å². The van der Waals surface area contributed by atoms with Gasteiger partial charge in [0.25, 0.3) is 0 Å². The first-order chi connectivity index (χ1) is 9.08. The van der Waals surface area contributed by atoms with Crippen LogP contribution in [0.15, 0.2) is 4.99 Å². The SMILES string of the molecule is CCN(CC)CCCN=CC1C(=O)NC(=O)NC1=O. The second-order valence-corrected chi connectivity index (χ2v) is 4.22. The number of carbonyl (C=O) groups excluding carboxylic acids is 3. The first-order valence-corrected chi connectivity index (χ1v) is 6.46. The average molecular weight is 268 g/mol. The zero-order valence-electron chi connectivity index (χ0n) is 11.3. The molecule has 0 radical (unpaired) electrons. The Morgan fingerprint density at radius 2 is 1.74 bits per heavy atom. The van der Waals surface area contributed by atoms with E-state index in [9.17, 15) is 14.4 Å². The number of aliphatic imine (C=N–C) groups is 1. The Kier molecular flexibility index (Phi) is 6.14. The third kappa shape index (κ3) is 4.78. The highest BCUT2D eigenvalue weighted by Gasteiger charge is 2.32. The van der Waals surface area contributed by atoms with Crippen LogP contribution in [-0.2, 0) is 9.59 Å². The van der Waals surface area contributed by atoms with Crippen molar-refractivity contribution in [2.45, 2.75) is 20.3 Å². The van der Waals surface area contributed by atoms with E-state index in [1.165, 1.54) is 6.21 Å². The fourth-order valence-electron chi connectivity index (χ4n) is 1.77. The van der Waals surface area contributed by atoms with Crippen molar-refractivity contribution in [1.82, 2.24) is 15.5 Å². The Balaban J connectivity index is 2.34. The first-order valence-electron chi connectivity index (χ1n) is 6.46. The van der Waals surface area contributed by atoms with Crippen molar-refractivity contribution in [1.29, 1.82) is 0 Å². The highest BCUT2D eigenvalue weighted by atomic mass is 16.2. The van der Waals surface area contributed by atoms with Gasteiger partial charge in [0.1, 0.15) is 0 Å². The second-order valence-electron chi connectivity index (χ2n) is 4.22. The van der Waals surface area contributed by atoms with Crippen molar-refractivity contribution in [3.8, 4) is 0 Å². The van der Waals surface area contributed by atoms with Crippen LogP contribution in [0.4, 0.5) is 4.79 Å². The molecule has 0 aliphatic carbocycles. The molecule has 0 aromatic heterocycles. The van der Waals surface area contributed by atoms with E-state index in [0.29, 0.717) is 6.54 Å². The number of imide groups is 2. The second kappa shape index (κ2) is 7.63. The molecule has 7 heteroatoms. The number of nitrogens with zero attached hydrogens (tertiary/aromatic N) is 2. The molecule has 19 heavy (non-hydrogen) atoms. The molecule has 4 amide bonds. The van der Waals surface area contributed by atoms with Gasteiger partial charge in [-0.3, -0.25) is 25.2 Å². The third-order valence-corrected chi connectivity index (χ3v) is 2.95. The summed E-state index contributed by atoms with van der Waals surface area (Å²) in [7, 11) is 0. The van der Waals surface area contributed by atoms with E-state index in [1.54, 1.807) is 0 Å². The maximum absolute atomic E-state index is 11.4. The summed E-state index contributed by atoms with van der Waals surface area (Å²) in [5.74, 6) is -2.26. The molecular formula is C12H20N4O3. The van der Waals surface area contributed by atoms with Gasteiger partial charge in [0, 0.05) is 12.8 Å². The molecule has 0 bridgehead atoms. The van der Waals surface area contributed by atoms with Gasteiger partial charge < -0.3 is 4.90 Å². The van der Waals surface area contributed by atoms with Crippen molar-refractivity contribution in [3.05, 3.63) is 0 Å². The van der Waals surface area contributed by atoms with Crippen LogP contribution in [0.2, 0.25) is 0 Å². The number of hydrogen-bond acceptors (Lipinski definition) is 5. The standard InChI is InChI=1S/C12H20N4O3/c1-3-16(4-2)7-5-6-13-8-9-10(17)14-12(19)15-11(9)18/h8-9H,3-7H2,1-2H3,(H2,14,15,17,18,19). The van der Waals surface area contributed by atoms with Crippen LogP contribution >= 0.6 is 0 Å². The average Bonchev–Trinajstić information content (AvgIpc) is 2.36. The summed E-state index contributed by atoms with van der Waals surface area (Å²) >= 11 is 0. The molecule has 2 N–H and O–H groups in total. The molecule has 7 nitrogen and oxygen atoms in total. The molecule has 0 spiro atoms. The molecule has 1 fully saturated rings. The maximum Gasteiger partial charge on any atom is 0.328 e. The molecule has 1 rings (SSSR count). The topological polar surface area (TPSA) is 90.9 Å². The summed E-state index contributed by atoms with van der Waals surface area (Å²) in [6.07, 6.45) is 2.17. The van der Waals surface area contributed by atoms with Gasteiger partial charge in [0.2, 0.25) is 11.8 Å². The van der Waals surface area contributed by atoms with Gasteiger partial charge in [0.15, 0.2) is 5.92 Å². The Morgan fingerprint density at radius 1 is 1.16 bits per heavy atom. The normalized spacial score (nSPS) is 17.1. The van der Waals surface area contributed by atoms with Gasteiger partial charge in [-0.2, -0.15) is 0 Å². The first kappa shape index (κ1) is 15.3. The van der Waals surface area contributed by atoms with E-state index in [-0.39, 0.29) is 0 Å². The van der Waals surface area contributed by atoms with E-state index in [1.807, 2.05) is 10.6 Å².